The van der Waals surface area contributed by atoms with Crippen molar-refractivity contribution < 1.29 is 17.9 Å². The summed E-state index contributed by atoms with van der Waals surface area (Å²) in [7, 11) is -3.58. The van der Waals surface area contributed by atoms with Crippen molar-refractivity contribution in [1.29, 1.82) is 0 Å². The molecule has 6 nitrogen and oxygen atoms in total. The van der Waals surface area contributed by atoms with Gasteiger partial charge in [0.25, 0.3) is 5.91 Å². The molecule has 0 fully saturated rings. The first kappa shape index (κ1) is 20.4. The van der Waals surface area contributed by atoms with Crippen LogP contribution in [0.1, 0.15) is 22.8 Å². The third-order valence-electron chi connectivity index (χ3n) is 4.24. The van der Waals surface area contributed by atoms with E-state index in [1.54, 1.807) is 60.7 Å². The predicted molar refractivity (Wildman–Crippen MR) is 112 cm³/mol. The number of amides is 1. The van der Waals surface area contributed by atoms with Crippen LogP contribution in [-0.4, -0.2) is 20.9 Å². The summed E-state index contributed by atoms with van der Waals surface area (Å²) in [6.07, 6.45) is 0. The molecule has 0 saturated heterocycles. The first-order valence-corrected chi connectivity index (χ1v) is 10.6. The van der Waals surface area contributed by atoms with Gasteiger partial charge >= 0.3 is 0 Å². The van der Waals surface area contributed by atoms with Crippen LogP contribution in [0.2, 0.25) is 0 Å². The molecule has 7 heteroatoms. The maximum Gasteiger partial charge on any atom is 0.269 e. The van der Waals surface area contributed by atoms with Crippen molar-refractivity contribution >= 4 is 21.4 Å². The normalized spacial score (nSPS) is 11.0. The molecule has 0 radical (unpaired) electrons. The smallest absolute Gasteiger partial charge is 0.269 e. The summed E-state index contributed by atoms with van der Waals surface area (Å²) in [5, 5.41) is 0. The largest absolute Gasteiger partial charge is 0.494 e. The summed E-state index contributed by atoms with van der Waals surface area (Å²) < 4.78 is 30.7. The van der Waals surface area contributed by atoms with Gasteiger partial charge in [-0.05, 0) is 74.5 Å². The minimum Gasteiger partial charge on any atom is -0.494 e. The average Bonchev–Trinajstić information content (AvgIpc) is 2.73. The van der Waals surface area contributed by atoms with E-state index in [9.17, 15) is 13.2 Å². The minimum absolute atomic E-state index is 0.185. The summed E-state index contributed by atoms with van der Waals surface area (Å²) in [6, 6.07) is 19.7. The van der Waals surface area contributed by atoms with Gasteiger partial charge < -0.3 is 4.74 Å². The molecule has 2 N–H and O–H groups in total. The first-order valence-electron chi connectivity index (χ1n) is 9.11. The fraction of sp³-hybridized carbons (Fsp3) is 0.136. The van der Waals surface area contributed by atoms with Crippen LogP contribution in [0.4, 0.5) is 5.69 Å². The van der Waals surface area contributed by atoms with Crippen LogP contribution in [0.5, 0.6) is 5.75 Å². The lowest BCUT2D eigenvalue weighted by Crippen LogP contribution is -2.29. The van der Waals surface area contributed by atoms with Gasteiger partial charge in [-0.3, -0.25) is 15.6 Å². The van der Waals surface area contributed by atoms with Gasteiger partial charge in [-0.1, -0.05) is 17.7 Å². The Bertz CT molecular complexity index is 1080. The highest BCUT2D eigenvalue weighted by molar-refractivity contribution is 7.91. The molecule has 0 aliphatic heterocycles. The predicted octanol–water partition coefficient (Wildman–Crippen LogP) is 3.98. The molecule has 150 valence electrons. The van der Waals surface area contributed by atoms with Gasteiger partial charge in [-0.25, -0.2) is 8.42 Å². The molecule has 1 amide bonds. The van der Waals surface area contributed by atoms with E-state index >= 15 is 0 Å². The fourth-order valence-corrected chi connectivity index (χ4v) is 3.90. The first-order chi connectivity index (χ1) is 13.9. The highest BCUT2D eigenvalue weighted by Crippen LogP contribution is 2.22. The Balaban J connectivity index is 1.64. The van der Waals surface area contributed by atoms with Gasteiger partial charge in [0.15, 0.2) is 0 Å². The van der Waals surface area contributed by atoms with Gasteiger partial charge in [0, 0.05) is 5.56 Å². The number of carbonyl (C=O) groups is 1. The van der Waals surface area contributed by atoms with Crippen molar-refractivity contribution in [3.05, 3.63) is 83.9 Å². The molecule has 0 aromatic heterocycles. The average molecular weight is 410 g/mol. The number of aryl methyl sites for hydroxylation is 1. The topological polar surface area (TPSA) is 84.5 Å². The number of rotatable bonds is 7. The van der Waals surface area contributed by atoms with Crippen LogP contribution >= 0.6 is 0 Å². The van der Waals surface area contributed by atoms with E-state index in [4.69, 9.17) is 4.74 Å². The van der Waals surface area contributed by atoms with Crippen LogP contribution in [-0.2, 0) is 9.84 Å². The van der Waals surface area contributed by atoms with E-state index in [1.165, 1.54) is 12.1 Å². The summed E-state index contributed by atoms with van der Waals surface area (Å²) >= 11 is 0. The number of hydrogen-bond donors (Lipinski definition) is 2. The number of anilines is 1. The second kappa shape index (κ2) is 8.79. The second-order valence-electron chi connectivity index (χ2n) is 6.38. The molecule has 0 unspecified atom stereocenters. The van der Waals surface area contributed by atoms with E-state index in [0.29, 0.717) is 23.6 Å². The molecule has 0 aliphatic carbocycles. The SMILES string of the molecule is CCOc1ccc(C(=O)NNc2ccc(S(=O)(=O)c3ccc(C)cc3)cc2)cc1. The lowest BCUT2D eigenvalue weighted by atomic mass is 10.2. The molecule has 0 aliphatic rings. The van der Waals surface area contributed by atoms with Crippen molar-refractivity contribution in [3.8, 4) is 5.75 Å². The highest BCUT2D eigenvalue weighted by Gasteiger charge is 2.17. The monoisotopic (exact) mass is 410 g/mol. The Labute approximate surface area is 170 Å². The molecule has 3 aromatic rings. The van der Waals surface area contributed by atoms with Crippen LogP contribution in [0, 0.1) is 6.92 Å². The highest BCUT2D eigenvalue weighted by atomic mass is 32.2. The van der Waals surface area contributed by atoms with Gasteiger partial charge in [0.05, 0.1) is 22.1 Å². The van der Waals surface area contributed by atoms with Crippen molar-refractivity contribution in [2.75, 3.05) is 12.0 Å². The lowest BCUT2D eigenvalue weighted by molar-refractivity contribution is 0.0962. The molecule has 0 atom stereocenters. The lowest BCUT2D eigenvalue weighted by Gasteiger charge is -2.10. The molecule has 0 bridgehead atoms. The zero-order valence-electron chi connectivity index (χ0n) is 16.2. The Hall–Kier alpha value is -3.32. The zero-order chi connectivity index (χ0) is 20.9. The van der Waals surface area contributed by atoms with E-state index < -0.39 is 9.84 Å². The second-order valence-corrected chi connectivity index (χ2v) is 8.33. The van der Waals surface area contributed by atoms with Crippen LogP contribution in [0.15, 0.2) is 82.6 Å². The molecule has 29 heavy (non-hydrogen) atoms. The molecular formula is C22H22N2O4S. The number of hydrazine groups is 1. The third-order valence-corrected chi connectivity index (χ3v) is 6.03. The van der Waals surface area contributed by atoms with Crippen molar-refractivity contribution in [2.24, 2.45) is 0 Å². The standard InChI is InChI=1S/C22H22N2O4S/c1-3-28-19-10-6-17(7-11-19)22(25)24-23-18-8-14-21(15-9-18)29(26,27)20-12-4-16(2)5-13-20/h4-15,23H,3H2,1-2H3,(H,24,25). The molecule has 0 spiro atoms. The van der Waals surface area contributed by atoms with E-state index in [-0.39, 0.29) is 15.7 Å². The fourth-order valence-electron chi connectivity index (χ4n) is 2.64. The number of ether oxygens (including phenoxy) is 1. The Morgan fingerprint density at radius 3 is 1.97 bits per heavy atom. The third kappa shape index (κ3) is 4.94. The summed E-state index contributed by atoms with van der Waals surface area (Å²) in [4.78, 5) is 12.6. The van der Waals surface area contributed by atoms with Gasteiger partial charge in [-0.2, -0.15) is 0 Å². The van der Waals surface area contributed by atoms with Crippen LogP contribution in [0.3, 0.4) is 0 Å². The summed E-state index contributed by atoms with van der Waals surface area (Å²) in [6.45, 7) is 4.35. The summed E-state index contributed by atoms with van der Waals surface area (Å²) in [5.41, 5.74) is 7.39. The quantitative estimate of drug-likeness (QED) is 0.576. The Morgan fingerprint density at radius 2 is 1.41 bits per heavy atom. The number of sulfone groups is 1. The van der Waals surface area contributed by atoms with Crippen LogP contribution < -0.4 is 15.6 Å². The molecule has 3 rings (SSSR count). The molecule has 0 saturated carbocycles. The maximum atomic E-state index is 12.7. The van der Waals surface area contributed by atoms with Crippen LogP contribution in [0.25, 0.3) is 0 Å². The van der Waals surface area contributed by atoms with Gasteiger partial charge in [0.2, 0.25) is 9.84 Å². The molecular weight excluding hydrogens is 388 g/mol. The summed E-state index contributed by atoms with van der Waals surface area (Å²) in [5.74, 6) is 0.381. The van der Waals surface area contributed by atoms with Crippen molar-refractivity contribution in [2.45, 2.75) is 23.6 Å². The minimum atomic E-state index is -3.58. The number of carbonyl (C=O) groups excluding carboxylic acids is 1. The van der Waals surface area contributed by atoms with E-state index in [1.807, 2.05) is 13.8 Å². The zero-order valence-corrected chi connectivity index (χ0v) is 17.0. The Kier molecular flexibility index (Phi) is 6.19. The van der Waals surface area contributed by atoms with E-state index in [2.05, 4.69) is 10.9 Å². The van der Waals surface area contributed by atoms with Crippen molar-refractivity contribution in [3.63, 3.8) is 0 Å². The molecule has 0 heterocycles. The number of hydrogen-bond acceptors (Lipinski definition) is 5. The number of nitrogens with one attached hydrogen (secondary N) is 2. The maximum absolute atomic E-state index is 12.7. The molecule has 3 aromatic carbocycles. The van der Waals surface area contributed by atoms with Gasteiger partial charge in [0.1, 0.15) is 5.75 Å². The van der Waals surface area contributed by atoms with Gasteiger partial charge in [-0.15, -0.1) is 0 Å². The number of benzene rings is 3. The Morgan fingerprint density at radius 1 is 0.862 bits per heavy atom. The van der Waals surface area contributed by atoms with E-state index in [0.717, 1.165) is 5.56 Å². The van der Waals surface area contributed by atoms with Crippen molar-refractivity contribution in [1.82, 2.24) is 5.43 Å².